The van der Waals surface area contributed by atoms with E-state index in [1.54, 1.807) is 30.7 Å². The number of imidazole rings is 1. The van der Waals surface area contributed by atoms with E-state index in [0.29, 0.717) is 23.0 Å². The zero-order valence-corrected chi connectivity index (χ0v) is 15.1. The Kier molecular flexibility index (Phi) is 4.95. The van der Waals surface area contributed by atoms with Gasteiger partial charge in [0.2, 0.25) is 6.10 Å². The van der Waals surface area contributed by atoms with Gasteiger partial charge in [0.15, 0.2) is 5.82 Å². The molecule has 5 nitrogen and oxygen atoms in total. The maximum Gasteiger partial charge on any atom is 0.349 e. The van der Waals surface area contributed by atoms with Gasteiger partial charge in [0.25, 0.3) is 0 Å². The maximum atomic E-state index is 12.0. The molecule has 0 saturated carbocycles. The second-order valence-electron chi connectivity index (χ2n) is 5.73. The molecular weight excluding hydrogens is 340 g/mol. The zero-order valence-electron chi connectivity index (χ0n) is 14.3. The smallest absolute Gasteiger partial charge is 0.349 e. The number of hydrogen-bond acceptors (Lipinski definition) is 4. The summed E-state index contributed by atoms with van der Waals surface area (Å²) in [7, 11) is 0. The van der Waals surface area contributed by atoms with E-state index in [1.165, 1.54) is 0 Å². The van der Waals surface area contributed by atoms with E-state index in [-0.39, 0.29) is 0 Å². The number of rotatable bonds is 5. The number of fused-ring (bicyclic) bond motifs is 1. The fourth-order valence-electron chi connectivity index (χ4n) is 2.48. The van der Waals surface area contributed by atoms with Crippen molar-refractivity contribution in [3.8, 4) is 11.4 Å². The van der Waals surface area contributed by atoms with Crippen LogP contribution in [0.5, 0.6) is 0 Å². The van der Waals surface area contributed by atoms with Crippen molar-refractivity contribution in [3.05, 3.63) is 53.1 Å². The molecule has 0 unspecified atom stereocenters. The first-order valence-electron chi connectivity index (χ1n) is 8.08. The number of nitrogens with zero attached hydrogens (tertiary/aromatic N) is 2. The van der Waals surface area contributed by atoms with Crippen molar-refractivity contribution in [2.24, 2.45) is 0 Å². The Bertz CT molecular complexity index is 903. The quantitative estimate of drug-likeness (QED) is 0.646. The van der Waals surface area contributed by atoms with Crippen LogP contribution in [0.25, 0.3) is 22.4 Å². The SMILES string of the molecule is CCOC(=O)[C@@H](C)On1c(-c2ccc(C)cc2)nc2ccc(Cl)cc21. The van der Waals surface area contributed by atoms with Crippen molar-refractivity contribution in [2.75, 3.05) is 6.61 Å². The first-order valence-corrected chi connectivity index (χ1v) is 8.46. The molecule has 0 radical (unpaired) electrons. The monoisotopic (exact) mass is 358 g/mol. The van der Waals surface area contributed by atoms with Crippen molar-refractivity contribution >= 4 is 28.6 Å². The molecule has 6 heteroatoms. The highest BCUT2D eigenvalue weighted by atomic mass is 35.5. The average Bonchev–Trinajstić information content (AvgIpc) is 2.93. The molecule has 0 aliphatic carbocycles. The third-order valence-electron chi connectivity index (χ3n) is 3.77. The summed E-state index contributed by atoms with van der Waals surface area (Å²) in [5.74, 6) is 0.176. The van der Waals surface area contributed by atoms with Gasteiger partial charge in [0.05, 0.1) is 12.1 Å². The van der Waals surface area contributed by atoms with Gasteiger partial charge in [-0.05, 0) is 39.0 Å². The Labute approximate surface area is 151 Å². The van der Waals surface area contributed by atoms with Crippen LogP contribution in [-0.4, -0.2) is 28.4 Å². The average molecular weight is 359 g/mol. The van der Waals surface area contributed by atoms with Crippen LogP contribution in [-0.2, 0) is 9.53 Å². The summed E-state index contributed by atoms with van der Waals surface area (Å²) >= 11 is 6.13. The van der Waals surface area contributed by atoms with Crippen LogP contribution >= 0.6 is 11.6 Å². The van der Waals surface area contributed by atoms with Crippen molar-refractivity contribution in [1.82, 2.24) is 9.71 Å². The molecule has 25 heavy (non-hydrogen) atoms. The highest BCUT2D eigenvalue weighted by Gasteiger charge is 2.21. The van der Waals surface area contributed by atoms with E-state index in [1.807, 2.05) is 37.3 Å². The molecule has 1 heterocycles. The van der Waals surface area contributed by atoms with Crippen LogP contribution in [0.1, 0.15) is 19.4 Å². The molecule has 0 fully saturated rings. The summed E-state index contributed by atoms with van der Waals surface area (Å²) in [6.07, 6.45) is -0.777. The fraction of sp³-hybridized carbons (Fsp3) is 0.263. The lowest BCUT2D eigenvalue weighted by atomic mass is 10.1. The summed E-state index contributed by atoms with van der Waals surface area (Å²) in [6.45, 7) is 5.72. The van der Waals surface area contributed by atoms with Gasteiger partial charge in [-0.3, -0.25) is 0 Å². The van der Waals surface area contributed by atoms with Crippen LogP contribution in [0.15, 0.2) is 42.5 Å². The van der Waals surface area contributed by atoms with Crippen molar-refractivity contribution in [1.29, 1.82) is 0 Å². The van der Waals surface area contributed by atoms with Crippen LogP contribution in [0.4, 0.5) is 0 Å². The molecule has 1 aromatic heterocycles. The minimum Gasteiger partial charge on any atom is -0.463 e. The molecule has 0 saturated heterocycles. The zero-order chi connectivity index (χ0) is 18.0. The van der Waals surface area contributed by atoms with Crippen molar-refractivity contribution in [3.63, 3.8) is 0 Å². The predicted molar refractivity (Wildman–Crippen MR) is 97.6 cm³/mol. The summed E-state index contributed by atoms with van der Waals surface area (Å²) in [5, 5.41) is 0.566. The van der Waals surface area contributed by atoms with Crippen LogP contribution < -0.4 is 4.84 Å². The molecule has 0 spiro atoms. The molecular formula is C19H19ClN2O3. The molecule has 3 rings (SSSR count). The molecule has 3 aromatic rings. The van der Waals surface area contributed by atoms with Crippen LogP contribution in [0, 0.1) is 6.92 Å². The summed E-state index contributed by atoms with van der Waals surface area (Å²) in [4.78, 5) is 22.5. The number of esters is 1. The fourth-order valence-corrected chi connectivity index (χ4v) is 2.65. The topological polar surface area (TPSA) is 53.4 Å². The van der Waals surface area contributed by atoms with Gasteiger partial charge in [-0.2, -0.15) is 4.73 Å². The van der Waals surface area contributed by atoms with Gasteiger partial charge in [-0.25, -0.2) is 9.78 Å². The lowest BCUT2D eigenvalue weighted by Crippen LogP contribution is -2.32. The van der Waals surface area contributed by atoms with Gasteiger partial charge >= 0.3 is 5.97 Å². The van der Waals surface area contributed by atoms with Gasteiger partial charge in [0, 0.05) is 10.6 Å². The Morgan fingerprint density at radius 1 is 1.24 bits per heavy atom. The van der Waals surface area contributed by atoms with E-state index in [9.17, 15) is 4.79 Å². The van der Waals surface area contributed by atoms with E-state index in [2.05, 4.69) is 4.98 Å². The second kappa shape index (κ2) is 7.15. The summed E-state index contributed by atoms with van der Waals surface area (Å²) in [5.41, 5.74) is 3.46. The van der Waals surface area contributed by atoms with Gasteiger partial charge in [-0.15, -0.1) is 0 Å². The van der Waals surface area contributed by atoms with E-state index < -0.39 is 12.1 Å². The van der Waals surface area contributed by atoms with Crippen LogP contribution in [0.2, 0.25) is 5.02 Å². The molecule has 0 aliphatic rings. The molecule has 0 N–H and O–H groups in total. The van der Waals surface area contributed by atoms with Gasteiger partial charge in [-0.1, -0.05) is 41.4 Å². The van der Waals surface area contributed by atoms with Crippen LogP contribution in [0.3, 0.4) is 0 Å². The number of halogens is 1. The second-order valence-corrected chi connectivity index (χ2v) is 6.16. The third-order valence-corrected chi connectivity index (χ3v) is 4.00. The van der Waals surface area contributed by atoms with Crippen molar-refractivity contribution in [2.45, 2.75) is 26.9 Å². The Morgan fingerprint density at radius 2 is 1.96 bits per heavy atom. The number of aryl methyl sites for hydroxylation is 1. The number of hydrogen-bond donors (Lipinski definition) is 0. The van der Waals surface area contributed by atoms with Gasteiger partial charge < -0.3 is 9.57 Å². The van der Waals surface area contributed by atoms with E-state index in [0.717, 1.165) is 16.6 Å². The first kappa shape index (κ1) is 17.3. The minimum absolute atomic E-state index is 0.299. The lowest BCUT2D eigenvalue weighted by Gasteiger charge is -2.16. The molecule has 0 aliphatic heterocycles. The van der Waals surface area contributed by atoms with E-state index in [4.69, 9.17) is 21.2 Å². The lowest BCUT2D eigenvalue weighted by molar-refractivity contribution is -0.155. The summed E-state index contributed by atoms with van der Waals surface area (Å²) in [6, 6.07) is 13.3. The van der Waals surface area contributed by atoms with Gasteiger partial charge in [0.1, 0.15) is 5.52 Å². The molecule has 0 amide bonds. The summed E-state index contributed by atoms with van der Waals surface area (Å²) < 4.78 is 6.57. The number of carbonyl (C=O) groups excluding carboxylic acids is 1. The molecule has 2 aromatic carbocycles. The number of ether oxygens (including phenoxy) is 1. The number of benzene rings is 2. The Morgan fingerprint density at radius 3 is 2.64 bits per heavy atom. The van der Waals surface area contributed by atoms with E-state index >= 15 is 0 Å². The largest absolute Gasteiger partial charge is 0.463 e. The Hall–Kier alpha value is -2.53. The highest BCUT2D eigenvalue weighted by molar-refractivity contribution is 6.31. The predicted octanol–water partition coefficient (Wildman–Crippen LogP) is 4.05. The normalized spacial score (nSPS) is 12.2. The third kappa shape index (κ3) is 3.61. The number of aromatic nitrogens is 2. The van der Waals surface area contributed by atoms with Crippen molar-refractivity contribution < 1.29 is 14.4 Å². The molecule has 0 bridgehead atoms. The Balaban J connectivity index is 2.09. The molecule has 130 valence electrons. The standard InChI is InChI=1S/C19H19ClN2O3/c1-4-24-19(23)13(3)25-22-17-11-15(20)9-10-16(17)21-18(22)14-7-5-12(2)6-8-14/h5-11,13H,4H2,1-3H3/t13-/m1/s1. The molecule has 1 atom stereocenters. The highest BCUT2D eigenvalue weighted by Crippen LogP contribution is 2.26. The maximum absolute atomic E-state index is 12.0. The minimum atomic E-state index is -0.777. The number of carbonyl (C=O) groups is 1. The first-order chi connectivity index (χ1) is 12.0.